The topological polar surface area (TPSA) is 50.1 Å². The molecule has 3 nitrogen and oxygen atoms in total. The summed E-state index contributed by atoms with van der Waals surface area (Å²) in [6, 6.07) is 1.86. The molecule has 0 aliphatic rings. The smallest absolute Gasteiger partial charge is 0.154 e. The molecule has 0 fully saturated rings. The van der Waals surface area contributed by atoms with Gasteiger partial charge in [-0.05, 0) is 12.0 Å². The van der Waals surface area contributed by atoms with Gasteiger partial charge in [-0.1, -0.05) is 27.7 Å². The van der Waals surface area contributed by atoms with Crippen molar-refractivity contribution in [2.75, 3.05) is 6.61 Å². The first-order valence-corrected chi connectivity index (χ1v) is 5.39. The summed E-state index contributed by atoms with van der Waals surface area (Å²) in [6.07, 6.45) is -0.0390. The third kappa shape index (κ3) is 5.25. The molecule has 0 radical (unpaired) electrons. The van der Waals surface area contributed by atoms with Gasteiger partial charge >= 0.3 is 0 Å². The summed E-state index contributed by atoms with van der Waals surface area (Å²) in [5.41, 5.74) is -0.558. The molecule has 0 aromatic heterocycles. The Morgan fingerprint density at radius 1 is 1.57 bits per heavy atom. The van der Waals surface area contributed by atoms with E-state index in [4.69, 9.17) is 9.44 Å². The van der Waals surface area contributed by atoms with Gasteiger partial charge < -0.3 is 4.18 Å². The fourth-order valence-corrected chi connectivity index (χ4v) is 1.34. The Bertz CT molecular complexity index is 231. The minimum atomic E-state index is -0.558. The van der Waals surface area contributed by atoms with Crippen LogP contribution >= 0.6 is 12.0 Å². The van der Waals surface area contributed by atoms with Gasteiger partial charge in [0.05, 0.1) is 19.1 Å². The molecule has 0 bridgehead atoms. The summed E-state index contributed by atoms with van der Waals surface area (Å²) >= 11 is 1.36. The predicted octanol–water partition coefficient (Wildman–Crippen LogP) is 2.57. The largest absolute Gasteiger partial charge is 0.314 e. The molecule has 4 heteroatoms. The SMILES string of the molecule is CC(C)SOCC(C)(C)C(=O)CC#N. The van der Waals surface area contributed by atoms with Crippen LogP contribution in [0.25, 0.3) is 0 Å². The van der Waals surface area contributed by atoms with Gasteiger partial charge in [0.15, 0.2) is 5.78 Å². The summed E-state index contributed by atoms with van der Waals surface area (Å²) in [5, 5.41) is 8.78. The van der Waals surface area contributed by atoms with Crippen LogP contribution in [-0.4, -0.2) is 17.6 Å². The molecule has 0 amide bonds. The van der Waals surface area contributed by atoms with Crippen molar-refractivity contribution < 1.29 is 8.98 Å². The van der Waals surface area contributed by atoms with E-state index in [0.717, 1.165) is 0 Å². The highest BCUT2D eigenvalue weighted by atomic mass is 32.2. The Balaban J connectivity index is 3.95. The van der Waals surface area contributed by atoms with Crippen molar-refractivity contribution in [2.45, 2.75) is 39.4 Å². The molecule has 0 aromatic carbocycles. The number of nitriles is 1. The Kier molecular flexibility index (Phi) is 5.82. The van der Waals surface area contributed by atoms with Crippen molar-refractivity contribution in [1.29, 1.82) is 5.26 Å². The number of carbonyl (C=O) groups is 1. The van der Waals surface area contributed by atoms with Gasteiger partial charge in [-0.2, -0.15) is 5.26 Å². The third-order valence-electron chi connectivity index (χ3n) is 1.67. The van der Waals surface area contributed by atoms with Crippen LogP contribution in [0.5, 0.6) is 0 Å². The van der Waals surface area contributed by atoms with E-state index in [1.165, 1.54) is 12.0 Å². The van der Waals surface area contributed by atoms with Crippen molar-refractivity contribution in [3.63, 3.8) is 0 Å². The fraction of sp³-hybridized carbons (Fsp3) is 0.800. The second-order valence-corrected chi connectivity index (χ2v) is 5.42. The first-order chi connectivity index (χ1) is 6.40. The maximum atomic E-state index is 11.4. The number of hydrogen-bond donors (Lipinski definition) is 0. The second kappa shape index (κ2) is 6.05. The van der Waals surface area contributed by atoms with E-state index in [9.17, 15) is 4.79 Å². The maximum absolute atomic E-state index is 11.4. The molecule has 0 aliphatic carbocycles. The van der Waals surface area contributed by atoms with E-state index in [1.54, 1.807) is 13.8 Å². The molecule has 0 aliphatic heterocycles. The zero-order chi connectivity index (χ0) is 11.2. The van der Waals surface area contributed by atoms with Crippen LogP contribution in [0.1, 0.15) is 34.1 Å². The lowest BCUT2D eigenvalue weighted by Gasteiger charge is -2.21. The van der Waals surface area contributed by atoms with Gasteiger partial charge in [0.25, 0.3) is 0 Å². The van der Waals surface area contributed by atoms with Gasteiger partial charge in [-0.25, -0.2) is 0 Å². The van der Waals surface area contributed by atoms with Crippen molar-refractivity contribution in [2.24, 2.45) is 5.41 Å². The van der Waals surface area contributed by atoms with E-state index in [1.807, 2.05) is 19.9 Å². The second-order valence-electron chi connectivity index (χ2n) is 4.05. The van der Waals surface area contributed by atoms with Crippen LogP contribution in [0.4, 0.5) is 0 Å². The minimum absolute atomic E-state index is 0.0390. The van der Waals surface area contributed by atoms with Crippen LogP contribution in [-0.2, 0) is 8.98 Å². The number of Topliss-reactive ketones (excluding diaryl/α,β-unsaturated/α-hetero) is 1. The molecule has 14 heavy (non-hydrogen) atoms. The normalized spacial score (nSPS) is 11.4. The highest BCUT2D eigenvalue weighted by molar-refractivity contribution is 7.95. The Labute approximate surface area is 90.0 Å². The van der Waals surface area contributed by atoms with Crippen molar-refractivity contribution in [3.05, 3.63) is 0 Å². The summed E-state index contributed by atoms with van der Waals surface area (Å²) in [7, 11) is 0. The molecule has 0 saturated heterocycles. The lowest BCUT2D eigenvalue weighted by atomic mass is 9.88. The lowest BCUT2D eigenvalue weighted by molar-refractivity contribution is -0.127. The molecular weight excluding hydrogens is 198 g/mol. The van der Waals surface area contributed by atoms with Crippen molar-refractivity contribution in [1.82, 2.24) is 0 Å². The molecule has 0 aromatic rings. The molecule has 0 unspecified atom stereocenters. The average molecular weight is 215 g/mol. The molecule has 0 heterocycles. The highest BCUT2D eigenvalue weighted by Gasteiger charge is 2.27. The monoisotopic (exact) mass is 215 g/mol. The predicted molar refractivity (Wildman–Crippen MR) is 57.7 cm³/mol. The molecule has 80 valence electrons. The van der Waals surface area contributed by atoms with Crippen LogP contribution in [0.2, 0.25) is 0 Å². The lowest BCUT2D eigenvalue weighted by Crippen LogP contribution is -2.28. The third-order valence-corrected chi connectivity index (χ3v) is 2.31. The van der Waals surface area contributed by atoms with Gasteiger partial charge in [0.2, 0.25) is 0 Å². The van der Waals surface area contributed by atoms with E-state index < -0.39 is 5.41 Å². The molecule has 0 saturated carbocycles. The summed E-state index contributed by atoms with van der Waals surface area (Å²) in [5.74, 6) is -0.0654. The van der Waals surface area contributed by atoms with E-state index in [2.05, 4.69) is 0 Å². The van der Waals surface area contributed by atoms with E-state index >= 15 is 0 Å². The number of nitrogens with zero attached hydrogens (tertiary/aromatic N) is 1. The zero-order valence-corrected chi connectivity index (χ0v) is 9.98. The first-order valence-electron chi connectivity index (χ1n) is 4.58. The van der Waals surface area contributed by atoms with Crippen LogP contribution in [0, 0.1) is 16.7 Å². The van der Waals surface area contributed by atoms with E-state index in [-0.39, 0.29) is 12.2 Å². The summed E-state index contributed by atoms with van der Waals surface area (Å²) in [4.78, 5) is 11.4. The van der Waals surface area contributed by atoms with Gasteiger partial charge in [0, 0.05) is 10.7 Å². The summed E-state index contributed by atoms with van der Waals surface area (Å²) < 4.78 is 5.31. The quantitative estimate of drug-likeness (QED) is 0.639. The summed E-state index contributed by atoms with van der Waals surface area (Å²) in [6.45, 7) is 8.00. The number of rotatable bonds is 6. The average Bonchev–Trinajstić information content (AvgIpc) is 2.03. The van der Waals surface area contributed by atoms with Crippen LogP contribution in [0.15, 0.2) is 0 Å². The Morgan fingerprint density at radius 3 is 2.57 bits per heavy atom. The molecule has 0 atom stereocenters. The van der Waals surface area contributed by atoms with Gasteiger partial charge in [-0.3, -0.25) is 4.79 Å². The van der Waals surface area contributed by atoms with Gasteiger partial charge in [-0.15, -0.1) is 0 Å². The standard InChI is InChI=1S/C10H17NO2S/c1-8(2)14-13-7-10(3,4)9(12)5-6-11/h8H,5,7H2,1-4H3. The number of carbonyl (C=O) groups excluding carboxylic acids is 1. The Morgan fingerprint density at radius 2 is 2.14 bits per heavy atom. The van der Waals surface area contributed by atoms with Gasteiger partial charge in [0.1, 0.15) is 0 Å². The zero-order valence-electron chi connectivity index (χ0n) is 9.16. The molecule has 0 spiro atoms. The fourth-order valence-electron chi connectivity index (χ4n) is 0.709. The maximum Gasteiger partial charge on any atom is 0.154 e. The first kappa shape index (κ1) is 13.5. The Hall–Kier alpha value is -0.530. The molecule has 0 N–H and O–H groups in total. The molecular formula is C10H17NO2S. The number of hydrogen-bond acceptors (Lipinski definition) is 4. The van der Waals surface area contributed by atoms with Crippen LogP contribution in [0.3, 0.4) is 0 Å². The van der Waals surface area contributed by atoms with Crippen LogP contribution < -0.4 is 0 Å². The minimum Gasteiger partial charge on any atom is -0.314 e. The number of ketones is 1. The van der Waals surface area contributed by atoms with Crippen molar-refractivity contribution in [3.8, 4) is 6.07 Å². The molecule has 0 rings (SSSR count). The van der Waals surface area contributed by atoms with Crippen molar-refractivity contribution >= 4 is 17.8 Å². The van der Waals surface area contributed by atoms with E-state index in [0.29, 0.717) is 11.9 Å². The highest BCUT2D eigenvalue weighted by Crippen LogP contribution is 2.22.